The van der Waals surface area contributed by atoms with Crippen LogP contribution in [0.2, 0.25) is 0 Å². The molecule has 0 aromatic heterocycles. The van der Waals surface area contributed by atoms with Gasteiger partial charge in [-0.2, -0.15) is 5.26 Å². The Hall–Kier alpha value is -1.05. The molecule has 2 unspecified atom stereocenters. The average Bonchev–Trinajstić information content (AvgIpc) is 2.37. The maximum absolute atomic E-state index is 9.06. The first kappa shape index (κ1) is 13.4. The Bertz CT molecular complexity index is 467. The molecule has 0 radical (unpaired) electrons. The van der Waals surface area contributed by atoms with Crippen LogP contribution in [0, 0.1) is 11.3 Å². The maximum atomic E-state index is 9.06. The van der Waals surface area contributed by atoms with Gasteiger partial charge in [0.1, 0.15) is 0 Å². The van der Waals surface area contributed by atoms with E-state index < -0.39 is 0 Å². The van der Waals surface area contributed by atoms with Crippen LogP contribution in [-0.2, 0) is 0 Å². The third-order valence-corrected chi connectivity index (χ3v) is 4.07. The fourth-order valence-corrected chi connectivity index (χ4v) is 3.25. The SMILES string of the molecule is CC1CCCC(CN)N1c1cc(Br)cc(C#N)c1. The zero-order valence-corrected chi connectivity index (χ0v) is 12.2. The summed E-state index contributed by atoms with van der Waals surface area (Å²) >= 11 is 3.47. The highest BCUT2D eigenvalue weighted by Crippen LogP contribution is 2.31. The Balaban J connectivity index is 2.38. The predicted octanol–water partition coefficient (Wildman–Crippen LogP) is 3.03. The van der Waals surface area contributed by atoms with Crippen LogP contribution in [0.4, 0.5) is 5.69 Å². The summed E-state index contributed by atoms with van der Waals surface area (Å²) in [6.45, 7) is 2.90. The number of piperidine rings is 1. The van der Waals surface area contributed by atoms with Crippen molar-refractivity contribution in [2.24, 2.45) is 5.73 Å². The van der Waals surface area contributed by atoms with Gasteiger partial charge in [-0.1, -0.05) is 15.9 Å². The summed E-state index contributed by atoms with van der Waals surface area (Å²) in [6.07, 6.45) is 3.55. The second-order valence-corrected chi connectivity index (χ2v) is 5.80. The molecular weight excluding hydrogens is 290 g/mol. The van der Waals surface area contributed by atoms with Crippen molar-refractivity contribution >= 4 is 21.6 Å². The predicted molar refractivity (Wildman–Crippen MR) is 77.5 cm³/mol. The smallest absolute Gasteiger partial charge is 0.0992 e. The summed E-state index contributed by atoms with van der Waals surface area (Å²) in [5, 5.41) is 9.06. The minimum atomic E-state index is 0.384. The summed E-state index contributed by atoms with van der Waals surface area (Å²) in [7, 11) is 0. The van der Waals surface area contributed by atoms with E-state index in [1.165, 1.54) is 12.8 Å². The molecule has 0 saturated carbocycles. The molecule has 0 aliphatic carbocycles. The number of nitrogens with zero attached hydrogens (tertiary/aromatic N) is 2. The highest BCUT2D eigenvalue weighted by Gasteiger charge is 2.27. The highest BCUT2D eigenvalue weighted by molar-refractivity contribution is 9.10. The van der Waals surface area contributed by atoms with Crippen LogP contribution in [0.3, 0.4) is 0 Å². The van der Waals surface area contributed by atoms with Crippen molar-refractivity contribution in [3.05, 3.63) is 28.2 Å². The van der Waals surface area contributed by atoms with Crippen LogP contribution >= 0.6 is 15.9 Å². The van der Waals surface area contributed by atoms with Gasteiger partial charge in [-0.05, 0) is 44.4 Å². The minimum Gasteiger partial charge on any atom is -0.365 e. The van der Waals surface area contributed by atoms with Crippen LogP contribution in [-0.4, -0.2) is 18.6 Å². The minimum absolute atomic E-state index is 0.384. The van der Waals surface area contributed by atoms with Crippen LogP contribution in [0.5, 0.6) is 0 Å². The van der Waals surface area contributed by atoms with Gasteiger partial charge in [-0.15, -0.1) is 0 Å². The Morgan fingerprint density at radius 1 is 1.44 bits per heavy atom. The molecule has 1 aromatic rings. The molecule has 2 atom stereocenters. The van der Waals surface area contributed by atoms with Gasteiger partial charge in [0.15, 0.2) is 0 Å². The third-order valence-electron chi connectivity index (χ3n) is 3.61. The van der Waals surface area contributed by atoms with E-state index in [9.17, 15) is 0 Å². The molecule has 2 rings (SSSR count). The van der Waals surface area contributed by atoms with Gasteiger partial charge in [0.2, 0.25) is 0 Å². The molecule has 0 spiro atoms. The lowest BCUT2D eigenvalue weighted by atomic mass is 9.95. The number of nitriles is 1. The van der Waals surface area contributed by atoms with Gasteiger partial charge in [-0.3, -0.25) is 0 Å². The quantitative estimate of drug-likeness (QED) is 0.913. The summed E-state index contributed by atoms with van der Waals surface area (Å²) in [6, 6.07) is 8.94. The lowest BCUT2D eigenvalue weighted by molar-refractivity contribution is 0.401. The molecule has 1 fully saturated rings. The maximum Gasteiger partial charge on any atom is 0.0992 e. The Kier molecular flexibility index (Phi) is 4.26. The van der Waals surface area contributed by atoms with Crippen molar-refractivity contribution in [1.82, 2.24) is 0 Å². The first-order chi connectivity index (χ1) is 8.65. The van der Waals surface area contributed by atoms with E-state index in [-0.39, 0.29) is 0 Å². The highest BCUT2D eigenvalue weighted by atomic mass is 79.9. The zero-order chi connectivity index (χ0) is 13.1. The van der Waals surface area contributed by atoms with Crippen molar-refractivity contribution in [3.8, 4) is 6.07 Å². The molecule has 3 nitrogen and oxygen atoms in total. The number of hydrogen-bond donors (Lipinski definition) is 1. The molecule has 1 aliphatic heterocycles. The van der Waals surface area contributed by atoms with Gasteiger partial charge in [-0.25, -0.2) is 0 Å². The summed E-state index contributed by atoms with van der Waals surface area (Å²) in [5.41, 5.74) is 7.67. The first-order valence-corrected chi connectivity index (χ1v) is 7.14. The first-order valence-electron chi connectivity index (χ1n) is 6.34. The van der Waals surface area contributed by atoms with Gasteiger partial charge < -0.3 is 10.6 Å². The number of rotatable bonds is 2. The summed E-state index contributed by atoms with van der Waals surface area (Å²) in [5.74, 6) is 0. The van der Waals surface area contributed by atoms with E-state index >= 15 is 0 Å². The number of benzene rings is 1. The topological polar surface area (TPSA) is 53.0 Å². The second kappa shape index (κ2) is 5.73. The fraction of sp³-hybridized carbons (Fsp3) is 0.500. The van der Waals surface area contributed by atoms with Gasteiger partial charge in [0.25, 0.3) is 0 Å². The second-order valence-electron chi connectivity index (χ2n) is 4.89. The molecule has 1 saturated heterocycles. The van der Waals surface area contributed by atoms with E-state index in [2.05, 4.69) is 39.9 Å². The molecule has 1 aliphatic rings. The van der Waals surface area contributed by atoms with Gasteiger partial charge in [0, 0.05) is 28.8 Å². The Morgan fingerprint density at radius 2 is 2.22 bits per heavy atom. The van der Waals surface area contributed by atoms with E-state index in [1.54, 1.807) is 0 Å². The Labute approximate surface area is 117 Å². The van der Waals surface area contributed by atoms with Gasteiger partial charge in [0.05, 0.1) is 11.6 Å². The number of anilines is 1. The molecule has 2 N–H and O–H groups in total. The van der Waals surface area contributed by atoms with Crippen molar-refractivity contribution in [2.45, 2.75) is 38.3 Å². The number of halogens is 1. The molecule has 1 heterocycles. The van der Waals surface area contributed by atoms with E-state index in [4.69, 9.17) is 11.0 Å². The number of hydrogen-bond acceptors (Lipinski definition) is 3. The van der Waals surface area contributed by atoms with Crippen LogP contribution in [0.1, 0.15) is 31.7 Å². The summed E-state index contributed by atoms with van der Waals surface area (Å²) in [4.78, 5) is 2.37. The van der Waals surface area contributed by atoms with Crippen molar-refractivity contribution < 1.29 is 0 Å². The molecule has 18 heavy (non-hydrogen) atoms. The molecule has 0 amide bonds. The zero-order valence-electron chi connectivity index (χ0n) is 10.6. The monoisotopic (exact) mass is 307 g/mol. The van der Waals surface area contributed by atoms with Crippen molar-refractivity contribution in [3.63, 3.8) is 0 Å². The van der Waals surface area contributed by atoms with Crippen LogP contribution < -0.4 is 10.6 Å². The van der Waals surface area contributed by atoms with Crippen LogP contribution in [0.15, 0.2) is 22.7 Å². The molecule has 4 heteroatoms. The normalized spacial score (nSPS) is 23.8. The molecular formula is C14H18BrN3. The summed E-state index contributed by atoms with van der Waals surface area (Å²) < 4.78 is 0.949. The Morgan fingerprint density at radius 3 is 2.89 bits per heavy atom. The lowest BCUT2D eigenvalue weighted by Gasteiger charge is -2.42. The fourth-order valence-electron chi connectivity index (χ4n) is 2.77. The van der Waals surface area contributed by atoms with E-state index in [0.717, 1.165) is 16.6 Å². The molecule has 0 bridgehead atoms. The van der Waals surface area contributed by atoms with Gasteiger partial charge >= 0.3 is 0 Å². The van der Waals surface area contributed by atoms with E-state index in [1.807, 2.05) is 12.1 Å². The third kappa shape index (κ3) is 2.68. The van der Waals surface area contributed by atoms with Crippen molar-refractivity contribution in [1.29, 1.82) is 5.26 Å². The van der Waals surface area contributed by atoms with Crippen molar-refractivity contribution in [2.75, 3.05) is 11.4 Å². The molecule has 96 valence electrons. The average molecular weight is 308 g/mol. The molecule has 1 aromatic carbocycles. The largest absolute Gasteiger partial charge is 0.365 e. The van der Waals surface area contributed by atoms with Crippen LogP contribution in [0.25, 0.3) is 0 Å². The van der Waals surface area contributed by atoms with E-state index in [0.29, 0.717) is 24.2 Å². The standard InChI is InChI=1S/C14H18BrN3/c1-10-3-2-4-13(9-17)18(10)14-6-11(8-16)5-12(15)7-14/h5-7,10,13H,2-4,9,17H2,1H3. The lowest BCUT2D eigenvalue weighted by Crippen LogP contribution is -2.49. The number of nitrogens with two attached hydrogens (primary N) is 1.